The van der Waals surface area contributed by atoms with Crippen LogP contribution in [0.4, 0.5) is 10.2 Å². The second-order valence-corrected chi connectivity index (χ2v) is 4.44. The lowest BCUT2D eigenvalue weighted by Gasteiger charge is -2.03. The molecule has 4 nitrogen and oxygen atoms in total. The van der Waals surface area contributed by atoms with Crippen LogP contribution in [0.25, 0.3) is 10.9 Å². The number of fused-ring (bicyclic) bond motifs is 1. The highest BCUT2D eigenvalue weighted by Crippen LogP contribution is 2.20. The molecule has 3 aromatic rings. The summed E-state index contributed by atoms with van der Waals surface area (Å²) in [5.74, 6) is 0.000803. The Morgan fingerprint density at radius 2 is 2.20 bits per heavy atom. The van der Waals surface area contributed by atoms with E-state index in [2.05, 4.69) is 15.3 Å². The average Bonchev–Trinajstić information content (AvgIpc) is 2.82. The highest BCUT2D eigenvalue weighted by Gasteiger charge is 2.10. The third-order valence-electron chi connectivity index (χ3n) is 3.01. The second kappa shape index (κ2) is 5.13. The molecule has 1 aromatic carbocycles. The largest absolute Gasteiger partial charge is 0.361 e. The molecule has 5 heteroatoms. The van der Waals surface area contributed by atoms with Gasteiger partial charge < -0.3 is 10.3 Å². The molecule has 2 heterocycles. The maximum Gasteiger partial charge on any atom is 0.230 e. The van der Waals surface area contributed by atoms with Gasteiger partial charge in [0.2, 0.25) is 5.91 Å². The molecule has 1 amide bonds. The minimum Gasteiger partial charge on any atom is -0.361 e. The Bertz CT molecular complexity index is 752. The van der Waals surface area contributed by atoms with Crippen LogP contribution in [0.1, 0.15) is 5.56 Å². The lowest BCUT2D eigenvalue weighted by molar-refractivity contribution is -0.115. The van der Waals surface area contributed by atoms with E-state index >= 15 is 0 Å². The number of nitrogens with zero attached hydrogens (tertiary/aromatic N) is 1. The third-order valence-corrected chi connectivity index (χ3v) is 3.01. The van der Waals surface area contributed by atoms with Crippen LogP contribution in [0, 0.1) is 5.82 Å². The van der Waals surface area contributed by atoms with Crippen molar-refractivity contribution in [2.24, 2.45) is 0 Å². The molecule has 20 heavy (non-hydrogen) atoms. The van der Waals surface area contributed by atoms with Gasteiger partial charge in [-0.15, -0.1) is 0 Å². The van der Waals surface area contributed by atoms with Crippen LogP contribution < -0.4 is 5.32 Å². The Morgan fingerprint density at radius 1 is 1.30 bits per heavy atom. The van der Waals surface area contributed by atoms with Crippen molar-refractivity contribution in [1.29, 1.82) is 0 Å². The number of aromatic amines is 1. The van der Waals surface area contributed by atoms with E-state index in [1.807, 2.05) is 0 Å². The van der Waals surface area contributed by atoms with E-state index in [9.17, 15) is 9.18 Å². The quantitative estimate of drug-likeness (QED) is 0.768. The van der Waals surface area contributed by atoms with E-state index in [0.29, 0.717) is 5.82 Å². The normalized spacial score (nSPS) is 10.7. The van der Waals surface area contributed by atoms with Crippen molar-refractivity contribution in [2.75, 3.05) is 5.32 Å². The van der Waals surface area contributed by atoms with Gasteiger partial charge >= 0.3 is 0 Å². The maximum absolute atomic E-state index is 13.3. The van der Waals surface area contributed by atoms with Crippen molar-refractivity contribution in [3.8, 4) is 0 Å². The SMILES string of the molecule is O=C(Cc1c[nH]c2ccc(F)cc12)Nc1ccccn1. The van der Waals surface area contributed by atoms with Gasteiger partial charge in [0.15, 0.2) is 0 Å². The minimum atomic E-state index is -0.316. The van der Waals surface area contributed by atoms with Gasteiger partial charge in [0.05, 0.1) is 6.42 Å². The maximum atomic E-state index is 13.3. The molecule has 0 fully saturated rings. The fourth-order valence-corrected chi connectivity index (χ4v) is 2.09. The van der Waals surface area contributed by atoms with Crippen molar-refractivity contribution < 1.29 is 9.18 Å². The Balaban J connectivity index is 1.79. The Morgan fingerprint density at radius 3 is 3.00 bits per heavy atom. The first kappa shape index (κ1) is 12.3. The molecule has 0 radical (unpaired) electrons. The Labute approximate surface area is 114 Å². The Kier molecular flexibility index (Phi) is 3.16. The lowest BCUT2D eigenvalue weighted by atomic mass is 10.1. The van der Waals surface area contributed by atoms with E-state index in [4.69, 9.17) is 0 Å². The Hall–Kier alpha value is -2.69. The standard InChI is InChI=1S/C15H12FN3O/c16-11-4-5-13-12(8-11)10(9-18-13)7-15(20)19-14-3-1-2-6-17-14/h1-6,8-9,18H,7H2,(H,17,19,20). The lowest BCUT2D eigenvalue weighted by Crippen LogP contribution is -2.14. The number of pyridine rings is 1. The van der Waals surface area contributed by atoms with Gasteiger partial charge in [-0.2, -0.15) is 0 Å². The number of hydrogen-bond donors (Lipinski definition) is 2. The van der Waals surface area contributed by atoms with Gasteiger partial charge in [0.25, 0.3) is 0 Å². The highest BCUT2D eigenvalue weighted by atomic mass is 19.1. The van der Waals surface area contributed by atoms with E-state index < -0.39 is 0 Å². The fourth-order valence-electron chi connectivity index (χ4n) is 2.09. The van der Waals surface area contributed by atoms with Crippen LogP contribution in [0.3, 0.4) is 0 Å². The van der Waals surface area contributed by atoms with Crippen molar-refractivity contribution in [1.82, 2.24) is 9.97 Å². The van der Waals surface area contributed by atoms with Crippen molar-refractivity contribution >= 4 is 22.6 Å². The zero-order chi connectivity index (χ0) is 13.9. The predicted molar refractivity (Wildman–Crippen MR) is 74.8 cm³/mol. The summed E-state index contributed by atoms with van der Waals surface area (Å²) in [6.07, 6.45) is 3.50. The highest BCUT2D eigenvalue weighted by molar-refractivity contribution is 5.95. The smallest absolute Gasteiger partial charge is 0.230 e. The number of H-pyrrole nitrogens is 1. The molecule has 0 aliphatic heterocycles. The molecule has 0 aliphatic rings. The zero-order valence-electron chi connectivity index (χ0n) is 10.6. The molecule has 0 aliphatic carbocycles. The summed E-state index contributed by atoms with van der Waals surface area (Å²) in [6.45, 7) is 0. The molecule has 2 aromatic heterocycles. The molecule has 2 N–H and O–H groups in total. The molecule has 0 bridgehead atoms. The molecule has 0 atom stereocenters. The summed E-state index contributed by atoms with van der Waals surface area (Å²) < 4.78 is 13.3. The van der Waals surface area contributed by atoms with Crippen molar-refractivity contribution in [2.45, 2.75) is 6.42 Å². The summed E-state index contributed by atoms with van der Waals surface area (Å²) in [5, 5.41) is 3.43. The van der Waals surface area contributed by atoms with E-state index in [-0.39, 0.29) is 18.1 Å². The number of amides is 1. The number of carbonyl (C=O) groups is 1. The average molecular weight is 269 g/mol. The van der Waals surface area contributed by atoms with Gasteiger partial charge in [-0.25, -0.2) is 9.37 Å². The van der Waals surface area contributed by atoms with Gasteiger partial charge in [0, 0.05) is 23.3 Å². The van der Waals surface area contributed by atoms with E-state index in [0.717, 1.165) is 16.5 Å². The zero-order valence-corrected chi connectivity index (χ0v) is 10.6. The summed E-state index contributed by atoms with van der Waals surface area (Å²) in [6, 6.07) is 9.76. The molecule has 0 unspecified atom stereocenters. The first-order valence-electron chi connectivity index (χ1n) is 6.19. The van der Waals surface area contributed by atoms with E-state index in [1.165, 1.54) is 12.1 Å². The van der Waals surface area contributed by atoms with Crippen molar-refractivity contribution in [3.05, 3.63) is 60.2 Å². The van der Waals surface area contributed by atoms with Gasteiger partial charge in [-0.1, -0.05) is 6.07 Å². The number of benzene rings is 1. The summed E-state index contributed by atoms with van der Waals surface area (Å²) in [4.78, 5) is 19.0. The molecule has 0 saturated carbocycles. The number of halogens is 1. The fraction of sp³-hybridized carbons (Fsp3) is 0.0667. The number of rotatable bonds is 3. The molecular formula is C15H12FN3O. The molecule has 100 valence electrons. The van der Waals surface area contributed by atoms with Gasteiger partial charge in [0.1, 0.15) is 11.6 Å². The number of aromatic nitrogens is 2. The van der Waals surface area contributed by atoms with Crippen LogP contribution in [-0.4, -0.2) is 15.9 Å². The molecule has 0 spiro atoms. The number of carbonyl (C=O) groups excluding carboxylic acids is 1. The summed E-state index contributed by atoms with van der Waals surface area (Å²) in [7, 11) is 0. The number of anilines is 1. The number of nitrogens with one attached hydrogen (secondary N) is 2. The molecule has 3 rings (SSSR count). The van der Waals surface area contributed by atoms with Crippen LogP contribution in [0.15, 0.2) is 48.8 Å². The first-order valence-corrected chi connectivity index (χ1v) is 6.19. The van der Waals surface area contributed by atoms with Crippen molar-refractivity contribution in [3.63, 3.8) is 0 Å². The first-order chi connectivity index (χ1) is 9.72. The predicted octanol–water partition coefficient (Wildman–Crippen LogP) is 2.88. The monoisotopic (exact) mass is 269 g/mol. The van der Waals surface area contributed by atoms with Crippen LogP contribution in [0.2, 0.25) is 0 Å². The summed E-state index contributed by atoms with van der Waals surface area (Å²) in [5.41, 5.74) is 1.57. The van der Waals surface area contributed by atoms with Crippen LogP contribution >= 0.6 is 0 Å². The molecular weight excluding hydrogens is 257 g/mol. The summed E-state index contributed by atoms with van der Waals surface area (Å²) >= 11 is 0. The number of hydrogen-bond acceptors (Lipinski definition) is 2. The minimum absolute atomic E-state index is 0.167. The van der Waals surface area contributed by atoms with E-state index in [1.54, 1.807) is 36.7 Å². The van der Waals surface area contributed by atoms with Crippen LogP contribution in [-0.2, 0) is 11.2 Å². The molecule has 0 saturated heterocycles. The third kappa shape index (κ3) is 2.51. The second-order valence-electron chi connectivity index (χ2n) is 4.44. The van der Waals surface area contributed by atoms with Crippen LogP contribution in [0.5, 0.6) is 0 Å². The van der Waals surface area contributed by atoms with Gasteiger partial charge in [-0.3, -0.25) is 4.79 Å². The van der Waals surface area contributed by atoms with Gasteiger partial charge in [-0.05, 0) is 35.9 Å². The topological polar surface area (TPSA) is 57.8 Å².